The van der Waals surface area contributed by atoms with Crippen LogP contribution in [0.25, 0.3) is 0 Å². The lowest BCUT2D eigenvalue weighted by atomic mass is 10.1. The lowest BCUT2D eigenvalue weighted by Crippen LogP contribution is -2.16. The Labute approximate surface area is 125 Å². The minimum Gasteiger partial charge on any atom is -0.493 e. The van der Waals surface area contributed by atoms with Crippen LogP contribution in [0.5, 0.6) is 5.75 Å². The minimum absolute atomic E-state index is 0.244. The number of benzene rings is 1. The molecule has 3 heterocycles. The van der Waals surface area contributed by atoms with Crippen LogP contribution >= 0.6 is 23.3 Å². The van der Waals surface area contributed by atoms with Crippen molar-refractivity contribution in [1.82, 2.24) is 9.36 Å². The third-order valence-electron chi connectivity index (χ3n) is 3.42. The Balaban J connectivity index is 1.67. The summed E-state index contributed by atoms with van der Waals surface area (Å²) in [4.78, 5) is 6.67. The summed E-state index contributed by atoms with van der Waals surface area (Å²) in [6, 6.07) is 6.49. The molecule has 1 atom stereocenters. The SMILES string of the molecule is Cc1nsc(N2C=CSC2c2ccc3c(c2)CCO3)n1. The molecule has 0 bridgehead atoms. The zero-order valence-electron chi connectivity index (χ0n) is 10.9. The molecule has 2 aliphatic heterocycles. The summed E-state index contributed by atoms with van der Waals surface area (Å²) in [5.41, 5.74) is 2.60. The third-order valence-corrected chi connectivity index (χ3v) is 5.27. The average Bonchev–Trinajstić information content (AvgIpc) is 3.17. The summed E-state index contributed by atoms with van der Waals surface area (Å²) in [5, 5.41) is 3.31. The number of anilines is 1. The predicted molar refractivity (Wildman–Crippen MR) is 82.2 cm³/mol. The van der Waals surface area contributed by atoms with Gasteiger partial charge in [0.15, 0.2) is 0 Å². The number of hydrogen-bond donors (Lipinski definition) is 0. The highest BCUT2D eigenvalue weighted by Crippen LogP contribution is 2.43. The predicted octanol–water partition coefficient (Wildman–Crippen LogP) is 3.50. The molecule has 4 nitrogen and oxygen atoms in total. The largest absolute Gasteiger partial charge is 0.493 e. The molecule has 1 aromatic carbocycles. The zero-order chi connectivity index (χ0) is 13.5. The van der Waals surface area contributed by atoms with Crippen LogP contribution < -0.4 is 9.64 Å². The van der Waals surface area contributed by atoms with Crippen molar-refractivity contribution in [2.75, 3.05) is 11.5 Å². The second-order valence-electron chi connectivity index (χ2n) is 4.77. The first kappa shape index (κ1) is 12.2. The molecule has 0 aliphatic carbocycles. The Hall–Kier alpha value is -1.53. The van der Waals surface area contributed by atoms with E-state index in [0.717, 1.165) is 29.7 Å². The normalized spacial score (nSPS) is 20.2. The van der Waals surface area contributed by atoms with Gasteiger partial charge in [0.05, 0.1) is 6.61 Å². The molecular formula is C14H13N3OS2. The molecule has 0 radical (unpaired) electrons. The Morgan fingerprint density at radius 1 is 1.40 bits per heavy atom. The molecule has 4 rings (SSSR count). The van der Waals surface area contributed by atoms with E-state index < -0.39 is 0 Å². The van der Waals surface area contributed by atoms with Gasteiger partial charge in [-0.05, 0) is 35.6 Å². The molecule has 0 amide bonds. The van der Waals surface area contributed by atoms with E-state index in [2.05, 4.69) is 44.1 Å². The van der Waals surface area contributed by atoms with Crippen LogP contribution in [0.15, 0.2) is 29.8 Å². The average molecular weight is 303 g/mol. The quantitative estimate of drug-likeness (QED) is 0.849. The smallest absolute Gasteiger partial charge is 0.210 e. The number of aryl methyl sites for hydroxylation is 1. The maximum atomic E-state index is 5.57. The Morgan fingerprint density at radius 2 is 2.35 bits per heavy atom. The molecule has 0 N–H and O–H groups in total. The number of ether oxygens (including phenoxy) is 1. The van der Waals surface area contributed by atoms with Gasteiger partial charge in [-0.1, -0.05) is 6.07 Å². The molecule has 20 heavy (non-hydrogen) atoms. The molecule has 0 fully saturated rings. The van der Waals surface area contributed by atoms with Crippen molar-refractivity contribution in [3.63, 3.8) is 0 Å². The minimum atomic E-state index is 0.244. The van der Waals surface area contributed by atoms with Crippen LogP contribution in [-0.4, -0.2) is 16.0 Å². The van der Waals surface area contributed by atoms with Crippen LogP contribution in [0.1, 0.15) is 22.3 Å². The second kappa shape index (κ2) is 4.79. The van der Waals surface area contributed by atoms with Crippen LogP contribution in [0.3, 0.4) is 0 Å². The highest BCUT2D eigenvalue weighted by atomic mass is 32.2. The van der Waals surface area contributed by atoms with E-state index in [4.69, 9.17) is 4.74 Å². The molecule has 0 saturated carbocycles. The van der Waals surface area contributed by atoms with Gasteiger partial charge in [-0.15, -0.1) is 11.8 Å². The van der Waals surface area contributed by atoms with Crippen molar-refractivity contribution in [3.8, 4) is 5.75 Å². The van der Waals surface area contributed by atoms with E-state index in [-0.39, 0.29) is 5.37 Å². The van der Waals surface area contributed by atoms with E-state index in [0.29, 0.717) is 0 Å². The van der Waals surface area contributed by atoms with Gasteiger partial charge in [-0.2, -0.15) is 4.37 Å². The Morgan fingerprint density at radius 3 is 3.20 bits per heavy atom. The van der Waals surface area contributed by atoms with Crippen molar-refractivity contribution in [1.29, 1.82) is 0 Å². The fourth-order valence-electron chi connectivity index (χ4n) is 2.47. The van der Waals surface area contributed by atoms with Crippen LogP contribution in [-0.2, 0) is 6.42 Å². The number of fused-ring (bicyclic) bond motifs is 1. The molecular weight excluding hydrogens is 290 g/mol. The molecule has 2 aliphatic rings. The van der Waals surface area contributed by atoms with Crippen molar-refractivity contribution in [3.05, 3.63) is 46.8 Å². The van der Waals surface area contributed by atoms with Crippen molar-refractivity contribution >= 4 is 28.4 Å². The molecule has 102 valence electrons. The number of hydrogen-bond acceptors (Lipinski definition) is 6. The highest BCUT2D eigenvalue weighted by Gasteiger charge is 2.27. The first-order valence-electron chi connectivity index (χ1n) is 6.48. The summed E-state index contributed by atoms with van der Waals surface area (Å²) in [5.74, 6) is 1.86. The zero-order valence-corrected chi connectivity index (χ0v) is 12.6. The first-order valence-corrected chi connectivity index (χ1v) is 8.19. The van der Waals surface area contributed by atoms with Gasteiger partial charge < -0.3 is 9.64 Å². The number of rotatable bonds is 2. The third kappa shape index (κ3) is 1.99. The summed E-state index contributed by atoms with van der Waals surface area (Å²) in [6.07, 6.45) is 3.09. The van der Waals surface area contributed by atoms with Gasteiger partial charge in [-0.25, -0.2) is 4.98 Å². The molecule has 0 spiro atoms. The van der Waals surface area contributed by atoms with Gasteiger partial charge in [0.1, 0.15) is 16.9 Å². The fourth-order valence-corrected chi connectivity index (χ4v) is 4.18. The van der Waals surface area contributed by atoms with E-state index in [9.17, 15) is 0 Å². The monoisotopic (exact) mass is 303 g/mol. The number of nitrogens with zero attached hydrogens (tertiary/aromatic N) is 3. The highest BCUT2D eigenvalue weighted by molar-refractivity contribution is 8.02. The van der Waals surface area contributed by atoms with Crippen molar-refractivity contribution < 1.29 is 4.74 Å². The van der Waals surface area contributed by atoms with Crippen molar-refractivity contribution in [2.45, 2.75) is 18.7 Å². The lowest BCUT2D eigenvalue weighted by molar-refractivity contribution is 0.357. The van der Waals surface area contributed by atoms with E-state index in [1.165, 1.54) is 22.7 Å². The molecule has 2 aromatic rings. The summed E-state index contributed by atoms with van der Waals surface area (Å²) in [7, 11) is 0. The Kier molecular flexibility index (Phi) is 2.93. The van der Waals surface area contributed by atoms with E-state index >= 15 is 0 Å². The molecule has 1 unspecified atom stereocenters. The Bertz CT molecular complexity index is 683. The van der Waals surface area contributed by atoms with E-state index in [1.807, 2.05) is 6.92 Å². The fraction of sp³-hybridized carbons (Fsp3) is 0.286. The van der Waals surface area contributed by atoms with Gasteiger partial charge in [0.2, 0.25) is 5.13 Å². The van der Waals surface area contributed by atoms with Crippen LogP contribution in [0, 0.1) is 6.92 Å². The van der Waals surface area contributed by atoms with Crippen molar-refractivity contribution in [2.24, 2.45) is 0 Å². The van der Waals surface area contributed by atoms with Crippen LogP contribution in [0.4, 0.5) is 5.13 Å². The van der Waals surface area contributed by atoms with Gasteiger partial charge >= 0.3 is 0 Å². The topological polar surface area (TPSA) is 38.2 Å². The first-order chi connectivity index (χ1) is 9.81. The van der Waals surface area contributed by atoms with Gasteiger partial charge in [0, 0.05) is 24.2 Å². The summed E-state index contributed by atoms with van der Waals surface area (Å²) in [6.45, 7) is 2.73. The lowest BCUT2D eigenvalue weighted by Gasteiger charge is -2.22. The summed E-state index contributed by atoms with van der Waals surface area (Å²) < 4.78 is 9.85. The standard InChI is InChI=1S/C14H13N3OS2/c1-9-15-14(20-16-9)17-5-7-19-13(17)11-2-3-12-10(8-11)4-6-18-12/h2-3,5,7-8,13H,4,6H2,1H3. The van der Waals surface area contributed by atoms with Crippen LogP contribution in [0.2, 0.25) is 0 Å². The maximum Gasteiger partial charge on any atom is 0.210 e. The maximum absolute atomic E-state index is 5.57. The molecule has 1 aromatic heterocycles. The molecule has 0 saturated heterocycles. The molecule has 6 heteroatoms. The number of aromatic nitrogens is 2. The number of thioether (sulfide) groups is 1. The van der Waals surface area contributed by atoms with E-state index in [1.54, 1.807) is 11.8 Å². The van der Waals surface area contributed by atoms with Gasteiger partial charge in [0.25, 0.3) is 0 Å². The summed E-state index contributed by atoms with van der Waals surface area (Å²) >= 11 is 3.24. The van der Waals surface area contributed by atoms with Gasteiger partial charge in [-0.3, -0.25) is 0 Å². The second-order valence-corrected chi connectivity index (χ2v) is 6.49.